The summed E-state index contributed by atoms with van der Waals surface area (Å²) in [6.45, 7) is 11.8. The first-order valence-corrected chi connectivity index (χ1v) is 40.2. The number of ether oxygens (including phenoxy) is 3. The van der Waals surface area contributed by atoms with Gasteiger partial charge in [-0.1, -0.05) is 120 Å². The van der Waals surface area contributed by atoms with Gasteiger partial charge < -0.3 is 34.6 Å². The summed E-state index contributed by atoms with van der Waals surface area (Å²) < 4.78 is 65.4. The van der Waals surface area contributed by atoms with Crippen LogP contribution in [-0.2, 0) is 122 Å². The topological polar surface area (TPSA) is 245 Å². The third kappa shape index (κ3) is 41.3. The Labute approximate surface area is 705 Å². The zero-order chi connectivity index (χ0) is 85.3. The molecular weight excluding hydrogens is 1610 g/mol. The molecule has 0 aliphatic rings. The van der Waals surface area contributed by atoms with Gasteiger partial charge in [-0.3, -0.25) is 38.4 Å². The van der Waals surface area contributed by atoms with Crippen molar-refractivity contribution >= 4 is 147 Å². The highest BCUT2D eigenvalue weighted by Gasteiger charge is 2.31. The predicted octanol–water partition coefficient (Wildman–Crippen LogP) is 14.8. The van der Waals surface area contributed by atoms with E-state index in [0.717, 1.165) is 101 Å². The summed E-state index contributed by atoms with van der Waals surface area (Å²) in [7, 11) is 4.36. The molecule has 0 aliphatic heterocycles. The second-order valence-electron chi connectivity index (χ2n) is 25.3. The van der Waals surface area contributed by atoms with Crippen LogP contribution in [-0.4, -0.2) is 134 Å². The van der Waals surface area contributed by atoms with Gasteiger partial charge in [0.25, 0.3) is 0 Å². The Morgan fingerprint density at radius 1 is 0.327 bits per heavy atom. The molecule has 0 unspecified atom stereocenters. The minimum atomic E-state index is -4.43. The summed E-state index contributed by atoms with van der Waals surface area (Å²) in [4.78, 5) is 89.2. The summed E-state index contributed by atoms with van der Waals surface area (Å²) in [5, 5.41) is 36.2. The molecule has 0 radical (unpaired) electrons. The fourth-order valence-electron chi connectivity index (χ4n) is 10.1. The lowest BCUT2D eigenvalue weighted by Crippen LogP contribution is -2.09. The van der Waals surface area contributed by atoms with E-state index in [0.29, 0.717) is 49.8 Å². The Kier molecular flexibility index (Phi) is 53.2. The molecule has 8 aromatic carbocycles. The molecule has 113 heavy (non-hydrogen) atoms. The number of aryl methyl sites for hydroxylation is 5. The van der Waals surface area contributed by atoms with Crippen LogP contribution in [0.2, 0.25) is 0 Å². The van der Waals surface area contributed by atoms with Gasteiger partial charge in [-0.25, -0.2) is 4.39 Å². The molecule has 4 N–H and O–H groups in total. The maximum absolute atomic E-state index is 13.1. The number of aliphatic hydroxyl groups excluding tert-OH is 4. The number of hydrogen-bond donors (Lipinski definition) is 12. The minimum Gasteiger partial charge on any atom is -0.497 e. The van der Waals surface area contributed by atoms with Crippen LogP contribution in [0.1, 0.15) is 106 Å². The van der Waals surface area contributed by atoms with Gasteiger partial charge in [0, 0.05) is 103 Å². The molecule has 0 bridgehead atoms. The Morgan fingerprint density at radius 3 is 1.21 bits per heavy atom. The predicted molar refractivity (Wildman–Crippen MR) is 469 cm³/mol. The summed E-state index contributed by atoms with van der Waals surface area (Å²) in [5.74, 6) is 2.98. The molecular formula is C86H104F4O15S8. The van der Waals surface area contributed by atoms with Crippen molar-refractivity contribution in [1.82, 2.24) is 0 Å². The van der Waals surface area contributed by atoms with Crippen LogP contribution in [0.3, 0.4) is 0 Å². The number of ketones is 8. The number of thiol groups is 8. The number of carbonyl (C=O) groups excluding carboxylic acids is 8. The van der Waals surface area contributed by atoms with Gasteiger partial charge in [0.1, 0.15) is 57.8 Å². The number of Topliss-reactive ketones (excluding diaryl/α,β-unsaturated/α-hetero) is 8. The molecule has 0 atom stereocenters. The van der Waals surface area contributed by atoms with Crippen LogP contribution in [0.25, 0.3) is 0 Å². The molecule has 27 heteroatoms. The average Bonchev–Trinajstić information content (AvgIpc) is 0.801. The molecule has 8 rings (SSSR count). The lowest BCUT2D eigenvalue weighted by Gasteiger charge is -2.12. The zero-order valence-electron chi connectivity index (χ0n) is 64.9. The number of aliphatic hydroxyl groups is 4. The van der Waals surface area contributed by atoms with E-state index in [-0.39, 0.29) is 143 Å². The molecule has 15 nitrogen and oxygen atoms in total. The van der Waals surface area contributed by atoms with Crippen molar-refractivity contribution in [2.75, 3.05) is 67.4 Å². The largest absolute Gasteiger partial charge is 0.497 e. The summed E-state index contributed by atoms with van der Waals surface area (Å²) >= 11 is 31.2. The van der Waals surface area contributed by atoms with E-state index in [4.69, 9.17) is 34.6 Å². The van der Waals surface area contributed by atoms with Crippen molar-refractivity contribution in [2.45, 2.75) is 126 Å². The first-order chi connectivity index (χ1) is 53.6. The van der Waals surface area contributed by atoms with Gasteiger partial charge in [-0.15, -0.1) is 0 Å². The van der Waals surface area contributed by atoms with Crippen molar-refractivity contribution in [3.8, 4) is 17.2 Å². The van der Waals surface area contributed by atoms with Crippen molar-refractivity contribution in [2.24, 2.45) is 0 Å². The molecule has 0 fully saturated rings. The van der Waals surface area contributed by atoms with Crippen LogP contribution in [0.4, 0.5) is 17.6 Å². The molecule has 0 aromatic heterocycles. The zero-order valence-corrected chi connectivity index (χ0v) is 72.1. The fourth-order valence-corrected chi connectivity index (χ4v) is 11.0. The Bertz CT molecular complexity index is 4240. The first-order valence-electron chi connectivity index (χ1n) is 35.2. The van der Waals surface area contributed by atoms with Gasteiger partial charge in [0.2, 0.25) is 0 Å². The first kappa shape index (κ1) is 104. The maximum Gasteiger partial charge on any atom is 0.416 e. The monoisotopic (exact) mass is 1710 g/mol. The number of rotatable bonds is 31. The van der Waals surface area contributed by atoms with Crippen molar-refractivity contribution in [3.05, 3.63) is 263 Å². The van der Waals surface area contributed by atoms with E-state index in [1.54, 1.807) is 13.2 Å². The standard InChI is InChI=1S/C11H11F3O2S.5C11H14O2S.C10H11FO2S.C10H12OS/c1-16-10-3-2-8(11(12,13)14)4-7(10)5-9(15)6-17;1-8-3-4-11(13-2)6-9(8)5-10(12)7-14;1-8-2-3-9(6-12)4-10(8)5-11(13)7-14;1-8-2-3-9(5-11(13)7-14)10(4-8)6-12;1-8-9(5-11(13)7-14)3-2-4-10(8)6-12;1-8-3-2-4-9(6-12)11(8)5-10(13)7-14;1-13-10-3-2-7(5-9(10)11)4-8(12)6-14;1-8-2-4-9(5-3-8)6-10(11)7-12/h2-4,17H,5-6H2,1H3;3-4,6,14H,5,7H2,1-2H3;4*2-4,12,14H,5-7H2,1H3;2-3,5,14H,4,6H2,1H3;2-5,12H,6-7H2,1H3. The lowest BCUT2D eigenvalue weighted by atomic mass is 9.98. The third-order valence-corrected chi connectivity index (χ3v) is 19.4. The molecule has 0 saturated carbocycles. The van der Waals surface area contributed by atoms with Gasteiger partial charge in [-0.2, -0.15) is 114 Å². The van der Waals surface area contributed by atoms with E-state index in [1.165, 1.54) is 38.0 Å². The summed E-state index contributed by atoms with van der Waals surface area (Å²) in [6, 6.07) is 44.0. The van der Waals surface area contributed by atoms with Crippen molar-refractivity contribution in [1.29, 1.82) is 0 Å². The number of methoxy groups -OCH3 is 3. The average molecular weight is 1710 g/mol. The normalized spacial score (nSPS) is 10.3. The van der Waals surface area contributed by atoms with E-state index < -0.39 is 17.6 Å². The van der Waals surface area contributed by atoms with Gasteiger partial charge in [0.15, 0.2) is 11.6 Å². The Morgan fingerprint density at radius 2 is 0.735 bits per heavy atom. The SMILES string of the molecule is COc1ccc(C(F)(F)F)cc1CC(=O)CS.COc1ccc(C)c(CC(=O)CS)c1.COc1ccc(CC(=O)CS)cc1F.Cc1c(CO)cccc1CC(=O)CS.Cc1ccc(CC(=O)CS)c(CO)c1.Cc1ccc(CC(=O)CS)cc1.Cc1ccc(CO)cc1CC(=O)CS.Cc1cccc(CO)c1CC(=O)CS. The highest BCUT2D eigenvalue weighted by molar-refractivity contribution is 7.82. The molecule has 0 spiro atoms. The molecule has 0 saturated heterocycles. The van der Waals surface area contributed by atoms with Crippen LogP contribution in [0, 0.1) is 47.4 Å². The third-order valence-electron chi connectivity index (χ3n) is 16.6. The minimum absolute atomic E-state index is 0.0145. The number of alkyl halides is 3. The number of carbonyl (C=O) groups is 8. The maximum atomic E-state index is 13.1. The number of halogens is 4. The fraction of sp³-hybridized carbons (Fsp3) is 0.349. The Hall–Kier alpha value is -7.12. The number of hydrogen-bond acceptors (Lipinski definition) is 23. The second kappa shape index (κ2) is 57.8. The quantitative estimate of drug-likeness (QED) is 0.0143. The van der Waals surface area contributed by atoms with Gasteiger partial charge in [-0.05, 0) is 167 Å². The Balaban J connectivity index is 0.000000647. The van der Waals surface area contributed by atoms with Crippen LogP contribution < -0.4 is 14.2 Å². The summed E-state index contributed by atoms with van der Waals surface area (Å²) in [6.07, 6.45) is -1.85. The van der Waals surface area contributed by atoms with Crippen molar-refractivity contribution < 1.29 is 90.6 Å². The van der Waals surface area contributed by atoms with E-state index in [2.05, 4.69) is 101 Å². The molecule has 0 amide bonds. The second-order valence-corrected chi connectivity index (χ2v) is 27.9. The molecule has 0 aliphatic carbocycles. The highest BCUT2D eigenvalue weighted by atomic mass is 32.1. The van der Waals surface area contributed by atoms with Gasteiger partial charge in [0.05, 0.1) is 53.3 Å². The van der Waals surface area contributed by atoms with E-state index in [9.17, 15) is 55.9 Å². The van der Waals surface area contributed by atoms with E-state index >= 15 is 0 Å². The van der Waals surface area contributed by atoms with E-state index in [1.807, 2.05) is 157 Å². The molecule has 614 valence electrons. The van der Waals surface area contributed by atoms with Crippen molar-refractivity contribution in [3.63, 3.8) is 0 Å². The summed E-state index contributed by atoms with van der Waals surface area (Å²) in [5.41, 5.74) is 15.9. The van der Waals surface area contributed by atoms with Crippen LogP contribution in [0.15, 0.2) is 152 Å². The van der Waals surface area contributed by atoms with Crippen LogP contribution in [0.5, 0.6) is 17.2 Å². The van der Waals surface area contributed by atoms with Gasteiger partial charge >= 0.3 is 6.18 Å². The lowest BCUT2D eigenvalue weighted by molar-refractivity contribution is -0.137. The smallest absolute Gasteiger partial charge is 0.416 e. The van der Waals surface area contributed by atoms with Crippen LogP contribution >= 0.6 is 101 Å². The number of benzene rings is 8. The molecule has 0 heterocycles. The highest BCUT2D eigenvalue weighted by Crippen LogP contribution is 2.33. The molecule has 8 aromatic rings.